The van der Waals surface area contributed by atoms with Crippen LogP contribution in [0.3, 0.4) is 0 Å². The Morgan fingerprint density at radius 3 is 2.71 bits per heavy atom. The third-order valence-electron chi connectivity index (χ3n) is 2.41. The molecule has 0 amide bonds. The van der Waals surface area contributed by atoms with Gasteiger partial charge < -0.3 is 25.4 Å². The number of ether oxygens (including phenoxy) is 2. The molecule has 14 heavy (non-hydrogen) atoms. The van der Waals surface area contributed by atoms with E-state index in [2.05, 4.69) is 0 Å². The lowest BCUT2D eigenvalue weighted by Crippen LogP contribution is -2.36. The van der Waals surface area contributed by atoms with E-state index >= 15 is 0 Å². The molecule has 1 saturated heterocycles. The Balaban J connectivity index is 2.36. The van der Waals surface area contributed by atoms with Gasteiger partial charge in [0, 0.05) is 6.61 Å². The zero-order valence-electron chi connectivity index (χ0n) is 8.43. The van der Waals surface area contributed by atoms with Crippen molar-refractivity contribution < 1.29 is 19.7 Å². The summed E-state index contributed by atoms with van der Waals surface area (Å²) in [5.41, 5.74) is 5.32. The number of rotatable bonds is 5. The van der Waals surface area contributed by atoms with Crippen LogP contribution in [0.5, 0.6) is 0 Å². The summed E-state index contributed by atoms with van der Waals surface area (Å²) >= 11 is 0. The van der Waals surface area contributed by atoms with E-state index in [4.69, 9.17) is 20.3 Å². The van der Waals surface area contributed by atoms with Crippen LogP contribution in [0, 0.1) is 0 Å². The molecule has 1 aliphatic heterocycles. The highest BCUT2D eigenvalue weighted by molar-refractivity contribution is 6.11. The van der Waals surface area contributed by atoms with Crippen molar-refractivity contribution >= 4 is 7.85 Å². The van der Waals surface area contributed by atoms with Gasteiger partial charge in [-0.05, 0) is 13.0 Å². The number of nitrogens with two attached hydrogens (primary N) is 1. The highest BCUT2D eigenvalue weighted by atomic mass is 16.6. The normalized spacial score (nSPS) is 37.6. The van der Waals surface area contributed by atoms with Crippen LogP contribution in [0.25, 0.3) is 0 Å². The summed E-state index contributed by atoms with van der Waals surface area (Å²) in [7, 11) is 1.83. The van der Waals surface area contributed by atoms with Crippen LogP contribution in [0.4, 0.5) is 0 Å². The summed E-state index contributed by atoms with van der Waals surface area (Å²) < 4.78 is 10.7. The van der Waals surface area contributed by atoms with E-state index in [1.807, 2.05) is 7.85 Å². The second-order valence-corrected chi connectivity index (χ2v) is 3.53. The van der Waals surface area contributed by atoms with Crippen LogP contribution < -0.4 is 5.73 Å². The van der Waals surface area contributed by atoms with Crippen molar-refractivity contribution in [3.8, 4) is 0 Å². The first-order chi connectivity index (χ1) is 6.70. The molecule has 6 heteroatoms. The van der Waals surface area contributed by atoms with Gasteiger partial charge in [0.05, 0.1) is 12.6 Å². The van der Waals surface area contributed by atoms with Gasteiger partial charge in [0.15, 0.2) is 0 Å². The van der Waals surface area contributed by atoms with Gasteiger partial charge >= 0.3 is 0 Å². The smallest absolute Gasteiger partial charge is 0.142 e. The summed E-state index contributed by atoms with van der Waals surface area (Å²) in [6, 6.07) is -0.181. The first-order valence-corrected chi connectivity index (χ1v) is 4.96. The van der Waals surface area contributed by atoms with E-state index in [0.29, 0.717) is 13.2 Å². The molecule has 0 aromatic rings. The topological polar surface area (TPSA) is 84.9 Å². The number of aliphatic hydroxyl groups is 2. The fourth-order valence-electron chi connectivity index (χ4n) is 1.61. The van der Waals surface area contributed by atoms with Gasteiger partial charge in [-0.1, -0.05) is 0 Å². The number of hydrogen-bond donors (Lipinski definition) is 3. The second-order valence-electron chi connectivity index (χ2n) is 3.53. The number of hydrogen-bond acceptors (Lipinski definition) is 5. The molecule has 5 nitrogen and oxygen atoms in total. The largest absolute Gasteiger partial charge is 0.394 e. The van der Waals surface area contributed by atoms with Crippen molar-refractivity contribution in [2.45, 2.75) is 30.7 Å². The van der Waals surface area contributed by atoms with E-state index in [9.17, 15) is 5.11 Å². The minimum absolute atomic E-state index is 0.178. The Morgan fingerprint density at radius 1 is 1.50 bits per heavy atom. The molecule has 0 radical (unpaired) electrons. The van der Waals surface area contributed by atoms with Crippen LogP contribution in [-0.2, 0) is 9.47 Å². The van der Waals surface area contributed by atoms with Crippen LogP contribution >= 0.6 is 0 Å². The second kappa shape index (κ2) is 5.67. The van der Waals surface area contributed by atoms with Gasteiger partial charge in [-0.2, -0.15) is 0 Å². The fraction of sp³-hybridized carbons (Fsp3) is 1.00. The molecule has 0 aromatic heterocycles. The molecular formula is C8H18BNO4. The Hall–Kier alpha value is -0.135. The van der Waals surface area contributed by atoms with E-state index in [-0.39, 0.29) is 18.7 Å². The van der Waals surface area contributed by atoms with Gasteiger partial charge in [-0.3, -0.25) is 0 Å². The van der Waals surface area contributed by atoms with Gasteiger partial charge in [0.1, 0.15) is 26.2 Å². The molecule has 0 spiro atoms. The van der Waals surface area contributed by atoms with Crippen LogP contribution in [0.15, 0.2) is 0 Å². The highest BCUT2D eigenvalue weighted by Gasteiger charge is 2.41. The van der Waals surface area contributed by atoms with Crippen molar-refractivity contribution in [1.29, 1.82) is 0 Å². The molecule has 0 bridgehead atoms. The van der Waals surface area contributed by atoms with Gasteiger partial charge in [-0.25, -0.2) is 0 Å². The van der Waals surface area contributed by atoms with Gasteiger partial charge in [0.2, 0.25) is 0 Å². The minimum Gasteiger partial charge on any atom is -0.394 e. The molecule has 4 N–H and O–H groups in total. The standard InChI is InChI=1S/C8H18BNO4/c9-8-7(13-3-1-2-10)6(12)5(4-11)14-8/h5-8,11-12H,1-4,9-10H2/t5-,6?,7+,8-/m1/s1. The maximum Gasteiger partial charge on any atom is 0.142 e. The molecule has 1 unspecified atom stereocenters. The molecule has 1 fully saturated rings. The Labute approximate surface area is 84.6 Å². The average Bonchev–Trinajstić information content (AvgIpc) is 2.45. The highest BCUT2D eigenvalue weighted by Crippen LogP contribution is 2.21. The molecule has 1 rings (SSSR count). The first-order valence-electron chi connectivity index (χ1n) is 4.96. The lowest BCUT2D eigenvalue weighted by Gasteiger charge is -2.18. The molecule has 1 heterocycles. The lowest BCUT2D eigenvalue weighted by atomic mass is 9.93. The lowest BCUT2D eigenvalue weighted by molar-refractivity contribution is -0.0287. The quantitative estimate of drug-likeness (QED) is 0.338. The summed E-state index contributed by atoms with van der Waals surface area (Å²) in [5, 5.41) is 18.6. The number of aliphatic hydroxyl groups excluding tert-OH is 2. The maximum atomic E-state index is 9.68. The summed E-state index contributed by atoms with van der Waals surface area (Å²) in [5.74, 6) is 0. The summed E-state index contributed by atoms with van der Waals surface area (Å²) in [4.78, 5) is 0. The van der Waals surface area contributed by atoms with Crippen LogP contribution in [0.2, 0.25) is 0 Å². The van der Waals surface area contributed by atoms with Crippen molar-refractivity contribution in [3.63, 3.8) is 0 Å². The zero-order chi connectivity index (χ0) is 10.6. The van der Waals surface area contributed by atoms with Gasteiger partial charge in [0.25, 0.3) is 0 Å². The molecule has 82 valence electrons. The SMILES string of the molecule is B[C@@H]1O[C@H](CO)C(O)[C@@H]1OCCCN. The summed E-state index contributed by atoms with van der Waals surface area (Å²) in [6.45, 7) is 0.911. The van der Waals surface area contributed by atoms with Crippen molar-refractivity contribution in [3.05, 3.63) is 0 Å². The summed E-state index contributed by atoms with van der Waals surface area (Å²) in [6.07, 6.45) is -0.848. The predicted octanol–water partition coefficient (Wildman–Crippen LogP) is -2.57. The van der Waals surface area contributed by atoms with Crippen molar-refractivity contribution in [2.24, 2.45) is 5.73 Å². The van der Waals surface area contributed by atoms with E-state index in [0.717, 1.165) is 6.42 Å². The minimum atomic E-state index is -0.743. The van der Waals surface area contributed by atoms with E-state index < -0.39 is 12.2 Å². The van der Waals surface area contributed by atoms with Crippen molar-refractivity contribution in [1.82, 2.24) is 0 Å². The first kappa shape index (κ1) is 11.9. The third-order valence-corrected chi connectivity index (χ3v) is 2.41. The van der Waals surface area contributed by atoms with Crippen molar-refractivity contribution in [2.75, 3.05) is 19.8 Å². The molecule has 0 aliphatic carbocycles. The monoisotopic (exact) mass is 203 g/mol. The Bertz CT molecular complexity index is 171. The Morgan fingerprint density at radius 2 is 2.21 bits per heavy atom. The molecule has 1 aliphatic rings. The molecule has 4 atom stereocenters. The predicted molar refractivity (Wildman–Crippen MR) is 53.7 cm³/mol. The molecular weight excluding hydrogens is 185 g/mol. The zero-order valence-corrected chi connectivity index (χ0v) is 8.43. The van der Waals surface area contributed by atoms with E-state index in [1.165, 1.54) is 0 Å². The molecule has 0 saturated carbocycles. The fourth-order valence-corrected chi connectivity index (χ4v) is 1.61. The van der Waals surface area contributed by atoms with Crippen LogP contribution in [-0.4, -0.2) is 62.1 Å². The average molecular weight is 203 g/mol. The van der Waals surface area contributed by atoms with Crippen LogP contribution in [0.1, 0.15) is 6.42 Å². The maximum absolute atomic E-state index is 9.68. The third kappa shape index (κ3) is 2.68. The van der Waals surface area contributed by atoms with Gasteiger partial charge in [-0.15, -0.1) is 0 Å². The Kier molecular flexibility index (Phi) is 4.84. The van der Waals surface area contributed by atoms with E-state index in [1.54, 1.807) is 0 Å². The molecule has 0 aromatic carbocycles.